The van der Waals surface area contributed by atoms with E-state index in [2.05, 4.69) is 20.6 Å². The number of amides is 2. The number of carbonyl (C=O) groups is 2. The molecule has 2 N–H and O–H groups in total. The molecule has 2 aromatic rings. The lowest BCUT2D eigenvalue weighted by Gasteiger charge is -2.17. The third-order valence-corrected chi connectivity index (χ3v) is 4.28. The van der Waals surface area contributed by atoms with Gasteiger partial charge >= 0.3 is 0 Å². The van der Waals surface area contributed by atoms with Crippen molar-refractivity contribution >= 4 is 35.1 Å². The third-order valence-electron chi connectivity index (χ3n) is 4.08. The number of anilines is 2. The maximum Gasteiger partial charge on any atom is 0.253 e. The van der Waals surface area contributed by atoms with Crippen LogP contribution in [-0.2, 0) is 4.79 Å². The van der Waals surface area contributed by atoms with Crippen LogP contribution in [0.4, 0.5) is 11.6 Å². The molecule has 0 spiro atoms. The first-order chi connectivity index (χ1) is 13.0. The fourth-order valence-corrected chi connectivity index (χ4v) is 2.89. The lowest BCUT2D eigenvalue weighted by Crippen LogP contribution is -2.31. The minimum Gasteiger partial charge on any atom is -0.350 e. The number of rotatable bonds is 5. The van der Waals surface area contributed by atoms with E-state index in [-0.39, 0.29) is 24.3 Å². The van der Waals surface area contributed by atoms with Crippen molar-refractivity contribution in [2.45, 2.75) is 18.9 Å². The lowest BCUT2D eigenvalue weighted by molar-refractivity contribution is -0.115. The number of aromatic nitrogens is 2. The van der Waals surface area contributed by atoms with E-state index in [9.17, 15) is 9.59 Å². The molecule has 0 radical (unpaired) electrons. The molecular formula is C18H17ClN6O2. The molecule has 2 heterocycles. The van der Waals surface area contributed by atoms with Crippen LogP contribution in [0.3, 0.4) is 0 Å². The Morgan fingerprint density at radius 3 is 2.63 bits per heavy atom. The lowest BCUT2D eigenvalue weighted by atomic mass is 10.2. The fraction of sp³-hybridized carbons (Fsp3) is 0.278. The van der Waals surface area contributed by atoms with Gasteiger partial charge in [-0.25, -0.2) is 9.97 Å². The largest absolute Gasteiger partial charge is 0.350 e. The minimum absolute atomic E-state index is 0.0691. The van der Waals surface area contributed by atoms with Crippen molar-refractivity contribution in [1.29, 1.82) is 5.26 Å². The van der Waals surface area contributed by atoms with Crippen LogP contribution in [0.2, 0.25) is 5.02 Å². The average Bonchev–Trinajstić information content (AvgIpc) is 3.12. The number of nitrogens with one attached hydrogen (secondary N) is 2. The van der Waals surface area contributed by atoms with Gasteiger partial charge in [-0.3, -0.25) is 9.59 Å². The van der Waals surface area contributed by atoms with Gasteiger partial charge in [0.05, 0.1) is 23.5 Å². The summed E-state index contributed by atoms with van der Waals surface area (Å²) < 4.78 is 0. The van der Waals surface area contributed by atoms with Crippen molar-refractivity contribution in [3.8, 4) is 6.07 Å². The predicted octanol–water partition coefficient (Wildman–Crippen LogP) is 2.31. The van der Waals surface area contributed by atoms with Gasteiger partial charge in [-0.05, 0) is 30.7 Å². The van der Waals surface area contributed by atoms with Gasteiger partial charge in [-0.15, -0.1) is 0 Å². The standard InChI is InChI=1S/C18H17ClN6O2/c19-13-9-21-18(22-10-13)24-15-6-8-25(11-15)17(27)12-1-3-14(4-2-12)23-16(26)5-7-20/h1-4,9-10,15H,5-6,8,11H2,(H,23,26)(H,21,22,24)/t15-/m0/s1. The zero-order valence-electron chi connectivity index (χ0n) is 14.4. The van der Waals surface area contributed by atoms with Gasteiger partial charge in [-0.1, -0.05) is 11.6 Å². The first-order valence-corrected chi connectivity index (χ1v) is 8.73. The number of halogens is 1. The van der Waals surface area contributed by atoms with E-state index in [0.717, 1.165) is 6.42 Å². The smallest absolute Gasteiger partial charge is 0.253 e. The number of hydrogen-bond acceptors (Lipinski definition) is 6. The van der Waals surface area contributed by atoms with E-state index in [0.29, 0.717) is 35.3 Å². The van der Waals surface area contributed by atoms with Crippen molar-refractivity contribution in [1.82, 2.24) is 14.9 Å². The van der Waals surface area contributed by atoms with E-state index in [1.165, 1.54) is 12.4 Å². The Morgan fingerprint density at radius 2 is 1.96 bits per heavy atom. The quantitative estimate of drug-likeness (QED) is 0.818. The molecule has 1 aliphatic rings. The number of nitrogens with zero attached hydrogens (tertiary/aromatic N) is 4. The molecule has 1 atom stereocenters. The molecule has 1 saturated heterocycles. The predicted molar refractivity (Wildman–Crippen MR) is 100 cm³/mol. The molecule has 27 heavy (non-hydrogen) atoms. The van der Waals surface area contributed by atoms with Gasteiger partial charge in [0.2, 0.25) is 11.9 Å². The highest BCUT2D eigenvalue weighted by Gasteiger charge is 2.27. The summed E-state index contributed by atoms with van der Waals surface area (Å²) in [5.74, 6) is 0.0249. The van der Waals surface area contributed by atoms with Crippen molar-refractivity contribution in [2.75, 3.05) is 23.7 Å². The Labute approximate surface area is 161 Å². The van der Waals surface area contributed by atoms with Crippen LogP contribution < -0.4 is 10.6 Å². The highest BCUT2D eigenvalue weighted by Crippen LogP contribution is 2.18. The molecule has 1 fully saturated rings. The fourth-order valence-electron chi connectivity index (χ4n) is 2.79. The highest BCUT2D eigenvalue weighted by atomic mass is 35.5. The molecule has 138 valence electrons. The maximum atomic E-state index is 12.6. The Hall–Kier alpha value is -3.18. The van der Waals surface area contributed by atoms with Crippen molar-refractivity contribution in [3.63, 3.8) is 0 Å². The van der Waals surface area contributed by atoms with Crippen LogP contribution in [0.1, 0.15) is 23.2 Å². The van der Waals surface area contributed by atoms with Crippen LogP contribution >= 0.6 is 11.6 Å². The molecule has 0 saturated carbocycles. The van der Waals surface area contributed by atoms with E-state index in [1.807, 2.05) is 0 Å². The second-order valence-electron chi connectivity index (χ2n) is 6.07. The normalized spacial score (nSPS) is 15.9. The molecule has 9 heteroatoms. The van der Waals surface area contributed by atoms with Crippen molar-refractivity contribution in [2.24, 2.45) is 0 Å². The maximum absolute atomic E-state index is 12.6. The Balaban J connectivity index is 1.56. The summed E-state index contributed by atoms with van der Waals surface area (Å²) in [4.78, 5) is 34.0. The first kappa shape index (κ1) is 18.6. The van der Waals surface area contributed by atoms with Crippen molar-refractivity contribution in [3.05, 3.63) is 47.2 Å². The number of likely N-dealkylation sites (tertiary alicyclic amines) is 1. The van der Waals surface area contributed by atoms with Crippen molar-refractivity contribution < 1.29 is 9.59 Å². The van der Waals surface area contributed by atoms with Crippen LogP contribution in [0.25, 0.3) is 0 Å². The van der Waals surface area contributed by atoms with Gasteiger partial charge in [0, 0.05) is 30.4 Å². The molecule has 1 aliphatic heterocycles. The van der Waals surface area contributed by atoms with Gasteiger partial charge < -0.3 is 15.5 Å². The summed E-state index contributed by atoms with van der Waals surface area (Å²) >= 11 is 5.77. The number of carbonyl (C=O) groups excluding carboxylic acids is 2. The minimum atomic E-state index is -0.380. The molecule has 0 aliphatic carbocycles. The van der Waals surface area contributed by atoms with E-state index in [1.54, 1.807) is 35.2 Å². The molecule has 1 aromatic heterocycles. The van der Waals surface area contributed by atoms with Gasteiger partial charge in [0.1, 0.15) is 6.42 Å². The van der Waals surface area contributed by atoms with Gasteiger partial charge in [-0.2, -0.15) is 5.26 Å². The van der Waals surface area contributed by atoms with Crippen LogP contribution in [0, 0.1) is 11.3 Å². The zero-order valence-corrected chi connectivity index (χ0v) is 15.1. The third kappa shape index (κ3) is 4.92. The number of hydrogen-bond donors (Lipinski definition) is 2. The number of nitriles is 1. The SMILES string of the molecule is N#CCC(=O)Nc1ccc(C(=O)N2CC[C@H](Nc3ncc(Cl)cn3)C2)cc1. The van der Waals surface area contributed by atoms with Crippen LogP contribution in [0.5, 0.6) is 0 Å². The Bertz CT molecular complexity index is 863. The molecule has 2 amide bonds. The molecular weight excluding hydrogens is 368 g/mol. The molecule has 3 rings (SSSR count). The summed E-state index contributed by atoms with van der Waals surface area (Å²) in [6.45, 7) is 1.18. The highest BCUT2D eigenvalue weighted by molar-refractivity contribution is 6.30. The Kier molecular flexibility index (Phi) is 5.84. The Morgan fingerprint density at radius 1 is 1.26 bits per heavy atom. The monoisotopic (exact) mass is 384 g/mol. The topological polar surface area (TPSA) is 111 Å². The molecule has 1 aromatic carbocycles. The van der Waals surface area contributed by atoms with Gasteiger partial charge in [0.25, 0.3) is 5.91 Å². The second-order valence-corrected chi connectivity index (χ2v) is 6.50. The molecule has 8 nitrogen and oxygen atoms in total. The summed E-state index contributed by atoms with van der Waals surface area (Å²) in [5, 5.41) is 14.8. The zero-order chi connectivity index (χ0) is 19.2. The average molecular weight is 385 g/mol. The second kappa shape index (κ2) is 8.47. The van der Waals surface area contributed by atoms with Crippen LogP contribution in [-0.4, -0.2) is 45.8 Å². The first-order valence-electron chi connectivity index (χ1n) is 8.35. The van der Waals surface area contributed by atoms with E-state index in [4.69, 9.17) is 16.9 Å². The van der Waals surface area contributed by atoms with E-state index < -0.39 is 0 Å². The summed E-state index contributed by atoms with van der Waals surface area (Å²) in [7, 11) is 0. The van der Waals surface area contributed by atoms with E-state index >= 15 is 0 Å². The number of benzene rings is 1. The summed E-state index contributed by atoms with van der Waals surface area (Å²) in [5.41, 5.74) is 1.09. The summed E-state index contributed by atoms with van der Waals surface area (Å²) in [6, 6.07) is 8.47. The van der Waals surface area contributed by atoms with Crippen LogP contribution in [0.15, 0.2) is 36.7 Å². The van der Waals surface area contributed by atoms with Gasteiger partial charge in [0.15, 0.2) is 0 Å². The summed E-state index contributed by atoms with van der Waals surface area (Å²) in [6.07, 6.45) is 3.62. The molecule has 0 unspecified atom stereocenters. The molecule has 0 bridgehead atoms.